The van der Waals surface area contributed by atoms with Gasteiger partial charge in [-0.3, -0.25) is 9.59 Å². The second kappa shape index (κ2) is 7.93. The van der Waals surface area contributed by atoms with Gasteiger partial charge in [0.2, 0.25) is 0 Å². The van der Waals surface area contributed by atoms with Crippen molar-refractivity contribution in [2.75, 3.05) is 7.05 Å². The number of carbonyl (C=O) groups is 2. The van der Waals surface area contributed by atoms with E-state index in [0.717, 1.165) is 16.0 Å². The third-order valence-corrected chi connectivity index (χ3v) is 4.96. The van der Waals surface area contributed by atoms with Crippen LogP contribution in [0.25, 0.3) is 10.4 Å². The zero-order chi connectivity index (χ0) is 18.5. The Morgan fingerprint density at radius 2 is 1.77 bits per heavy atom. The fourth-order valence-electron chi connectivity index (χ4n) is 2.47. The normalized spacial score (nSPS) is 10.4. The molecule has 0 spiro atoms. The first-order chi connectivity index (χ1) is 12.6. The summed E-state index contributed by atoms with van der Waals surface area (Å²) in [6.45, 7) is 0.327. The van der Waals surface area contributed by atoms with Crippen LogP contribution in [0.4, 0.5) is 4.39 Å². The lowest BCUT2D eigenvalue weighted by molar-refractivity contribution is 0.0952. The molecule has 1 aromatic heterocycles. The molecule has 0 atom stereocenters. The Bertz CT molecular complexity index is 935. The molecule has 0 unspecified atom stereocenters. The quantitative estimate of drug-likeness (QED) is 0.719. The van der Waals surface area contributed by atoms with Crippen molar-refractivity contribution in [2.45, 2.75) is 6.54 Å². The van der Waals surface area contributed by atoms with Gasteiger partial charge in [0, 0.05) is 24.0 Å². The van der Waals surface area contributed by atoms with Crippen molar-refractivity contribution in [3.8, 4) is 10.4 Å². The number of halogens is 1. The van der Waals surface area contributed by atoms with Crippen LogP contribution in [-0.4, -0.2) is 18.9 Å². The van der Waals surface area contributed by atoms with E-state index in [0.29, 0.717) is 17.0 Å². The predicted molar refractivity (Wildman–Crippen MR) is 101 cm³/mol. The molecule has 0 saturated heterocycles. The highest BCUT2D eigenvalue weighted by Gasteiger charge is 2.11. The standard InChI is InChI=1S/C20H17FN2O2S/c1-22-19(24)15-4-2-3-13(11-15)12-23-20(25)18-10-9-17(26-18)14-5-7-16(21)8-6-14/h2-11H,12H2,1H3,(H,22,24)(H,23,25). The second-order valence-corrected chi connectivity index (χ2v) is 6.72. The second-order valence-electron chi connectivity index (χ2n) is 5.63. The third-order valence-electron chi connectivity index (χ3n) is 3.83. The van der Waals surface area contributed by atoms with Gasteiger partial charge in [-0.05, 0) is 47.5 Å². The Labute approximate surface area is 154 Å². The molecule has 2 N–H and O–H groups in total. The van der Waals surface area contributed by atoms with Crippen LogP contribution in [0, 0.1) is 5.82 Å². The number of amides is 2. The molecule has 0 saturated carbocycles. The highest BCUT2D eigenvalue weighted by molar-refractivity contribution is 7.17. The molecule has 3 rings (SSSR count). The van der Waals surface area contributed by atoms with E-state index >= 15 is 0 Å². The van der Waals surface area contributed by atoms with E-state index in [1.54, 1.807) is 43.4 Å². The van der Waals surface area contributed by atoms with Gasteiger partial charge < -0.3 is 10.6 Å². The van der Waals surface area contributed by atoms with E-state index in [-0.39, 0.29) is 17.6 Å². The Morgan fingerprint density at radius 3 is 2.50 bits per heavy atom. The highest BCUT2D eigenvalue weighted by Crippen LogP contribution is 2.28. The summed E-state index contributed by atoms with van der Waals surface area (Å²) < 4.78 is 13.0. The average molecular weight is 368 g/mol. The van der Waals surface area contributed by atoms with Gasteiger partial charge in [0.15, 0.2) is 0 Å². The van der Waals surface area contributed by atoms with E-state index in [1.807, 2.05) is 12.1 Å². The average Bonchev–Trinajstić information content (AvgIpc) is 3.16. The summed E-state index contributed by atoms with van der Waals surface area (Å²) >= 11 is 1.35. The minimum absolute atomic E-state index is 0.166. The molecular formula is C20H17FN2O2S. The van der Waals surface area contributed by atoms with E-state index in [2.05, 4.69) is 10.6 Å². The minimum Gasteiger partial charge on any atom is -0.355 e. The molecule has 0 aliphatic rings. The summed E-state index contributed by atoms with van der Waals surface area (Å²) in [5.41, 5.74) is 2.26. The van der Waals surface area contributed by atoms with Crippen LogP contribution in [0.1, 0.15) is 25.6 Å². The molecule has 0 aliphatic heterocycles. The summed E-state index contributed by atoms with van der Waals surface area (Å²) in [7, 11) is 1.58. The first-order valence-corrected chi connectivity index (χ1v) is 8.83. The molecule has 0 aliphatic carbocycles. The summed E-state index contributed by atoms with van der Waals surface area (Å²) in [4.78, 5) is 25.5. The van der Waals surface area contributed by atoms with Crippen molar-refractivity contribution < 1.29 is 14.0 Å². The lowest BCUT2D eigenvalue weighted by Crippen LogP contribution is -2.22. The number of carbonyl (C=O) groups excluding carboxylic acids is 2. The zero-order valence-corrected chi connectivity index (χ0v) is 14.9. The first-order valence-electron chi connectivity index (χ1n) is 8.02. The van der Waals surface area contributed by atoms with Gasteiger partial charge in [0.05, 0.1) is 4.88 Å². The van der Waals surface area contributed by atoms with Crippen LogP contribution in [0.15, 0.2) is 60.7 Å². The van der Waals surface area contributed by atoms with Crippen LogP contribution in [0.5, 0.6) is 0 Å². The molecule has 6 heteroatoms. The van der Waals surface area contributed by atoms with E-state index in [4.69, 9.17) is 0 Å². The van der Waals surface area contributed by atoms with Gasteiger partial charge in [0.25, 0.3) is 11.8 Å². The monoisotopic (exact) mass is 368 g/mol. The lowest BCUT2D eigenvalue weighted by atomic mass is 10.1. The lowest BCUT2D eigenvalue weighted by Gasteiger charge is -2.06. The van der Waals surface area contributed by atoms with Gasteiger partial charge >= 0.3 is 0 Å². The van der Waals surface area contributed by atoms with Gasteiger partial charge in [-0.1, -0.05) is 24.3 Å². The number of thiophene rings is 1. The van der Waals surface area contributed by atoms with Crippen molar-refractivity contribution in [1.82, 2.24) is 10.6 Å². The molecule has 26 heavy (non-hydrogen) atoms. The summed E-state index contributed by atoms with van der Waals surface area (Å²) in [6, 6.07) is 16.9. The molecular weight excluding hydrogens is 351 g/mol. The highest BCUT2D eigenvalue weighted by atomic mass is 32.1. The van der Waals surface area contributed by atoms with Gasteiger partial charge in [0.1, 0.15) is 5.82 Å². The summed E-state index contributed by atoms with van der Waals surface area (Å²) in [5.74, 6) is -0.642. The first kappa shape index (κ1) is 17.8. The van der Waals surface area contributed by atoms with Crippen LogP contribution in [0.2, 0.25) is 0 Å². The topological polar surface area (TPSA) is 58.2 Å². The molecule has 4 nitrogen and oxygen atoms in total. The van der Waals surface area contributed by atoms with E-state index < -0.39 is 0 Å². The zero-order valence-electron chi connectivity index (χ0n) is 14.1. The SMILES string of the molecule is CNC(=O)c1cccc(CNC(=O)c2ccc(-c3ccc(F)cc3)s2)c1. The van der Waals surface area contributed by atoms with Crippen molar-refractivity contribution >= 4 is 23.2 Å². The minimum atomic E-state index is -0.290. The fraction of sp³-hybridized carbons (Fsp3) is 0.100. The Kier molecular flexibility index (Phi) is 5.43. The van der Waals surface area contributed by atoms with Crippen molar-refractivity contribution in [2.24, 2.45) is 0 Å². The van der Waals surface area contributed by atoms with Crippen molar-refractivity contribution in [3.63, 3.8) is 0 Å². The fourth-order valence-corrected chi connectivity index (χ4v) is 3.39. The predicted octanol–water partition coefficient (Wildman–Crippen LogP) is 3.84. The number of hydrogen-bond acceptors (Lipinski definition) is 3. The molecule has 2 amide bonds. The van der Waals surface area contributed by atoms with Crippen LogP contribution in [-0.2, 0) is 6.54 Å². The Balaban J connectivity index is 1.66. The number of benzene rings is 2. The van der Waals surface area contributed by atoms with E-state index in [9.17, 15) is 14.0 Å². The third kappa shape index (κ3) is 4.15. The molecule has 132 valence electrons. The molecule has 0 fully saturated rings. The molecule has 0 radical (unpaired) electrons. The number of hydrogen-bond donors (Lipinski definition) is 2. The molecule has 2 aromatic carbocycles. The largest absolute Gasteiger partial charge is 0.355 e. The number of nitrogens with one attached hydrogen (secondary N) is 2. The van der Waals surface area contributed by atoms with Crippen LogP contribution in [0.3, 0.4) is 0 Å². The van der Waals surface area contributed by atoms with Crippen LogP contribution >= 0.6 is 11.3 Å². The maximum atomic E-state index is 13.0. The van der Waals surface area contributed by atoms with Crippen molar-refractivity contribution in [3.05, 3.63) is 82.5 Å². The molecule has 3 aromatic rings. The van der Waals surface area contributed by atoms with Crippen LogP contribution < -0.4 is 10.6 Å². The summed E-state index contributed by atoms with van der Waals surface area (Å²) in [6.07, 6.45) is 0. The van der Waals surface area contributed by atoms with Gasteiger partial charge in [-0.15, -0.1) is 11.3 Å². The molecule has 1 heterocycles. The molecule has 0 bridgehead atoms. The smallest absolute Gasteiger partial charge is 0.261 e. The Hall–Kier alpha value is -2.99. The van der Waals surface area contributed by atoms with Gasteiger partial charge in [-0.2, -0.15) is 0 Å². The van der Waals surface area contributed by atoms with E-state index in [1.165, 1.54) is 23.5 Å². The maximum absolute atomic E-state index is 13.0. The van der Waals surface area contributed by atoms with Crippen molar-refractivity contribution in [1.29, 1.82) is 0 Å². The van der Waals surface area contributed by atoms with Gasteiger partial charge in [-0.25, -0.2) is 4.39 Å². The maximum Gasteiger partial charge on any atom is 0.261 e. The Morgan fingerprint density at radius 1 is 1.00 bits per heavy atom. The number of rotatable bonds is 5. The summed E-state index contributed by atoms with van der Waals surface area (Å²) in [5, 5.41) is 5.43.